The first-order chi connectivity index (χ1) is 9.12. The van der Waals surface area contributed by atoms with Crippen molar-refractivity contribution in [1.29, 1.82) is 0 Å². The zero-order valence-corrected chi connectivity index (χ0v) is 11.5. The van der Waals surface area contributed by atoms with E-state index in [0.29, 0.717) is 18.9 Å². The number of aliphatic hydroxyl groups excluding tert-OH is 2. The van der Waals surface area contributed by atoms with Gasteiger partial charge in [0, 0.05) is 18.0 Å². The SMILES string of the molecule is O[C@H]1[C@H](O)CNC2(CC2)[C@@H]1C(F)CC1CCCCC1. The van der Waals surface area contributed by atoms with Gasteiger partial charge in [-0.25, -0.2) is 4.39 Å². The Bertz CT molecular complexity index is 315. The zero-order chi connectivity index (χ0) is 13.5. The van der Waals surface area contributed by atoms with Crippen LogP contribution in [0.2, 0.25) is 0 Å². The molecule has 3 fully saturated rings. The molecule has 0 bridgehead atoms. The highest BCUT2D eigenvalue weighted by Gasteiger charge is 2.58. The van der Waals surface area contributed by atoms with Crippen molar-refractivity contribution in [1.82, 2.24) is 5.32 Å². The van der Waals surface area contributed by atoms with Crippen LogP contribution in [0.25, 0.3) is 0 Å². The van der Waals surface area contributed by atoms with E-state index in [0.717, 1.165) is 25.7 Å². The van der Waals surface area contributed by atoms with E-state index < -0.39 is 24.3 Å². The monoisotopic (exact) mass is 271 g/mol. The lowest BCUT2D eigenvalue weighted by molar-refractivity contribution is -0.0850. The minimum atomic E-state index is -0.983. The molecule has 110 valence electrons. The fraction of sp³-hybridized carbons (Fsp3) is 1.00. The first-order valence-electron chi connectivity index (χ1n) is 7.88. The van der Waals surface area contributed by atoms with Crippen LogP contribution in [0.15, 0.2) is 0 Å². The van der Waals surface area contributed by atoms with Crippen LogP contribution in [0.3, 0.4) is 0 Å². The molecule has 3 rings (SSSR count). The fourth-order valence-corrected chi connectivity index (χ4v) is 4.21. The van der Waals surface area contributed by atoms with Gasteiger partial charge in [0.25, 0.3) is 0 Å². The Balaban J connectivity index is 1.64. The highest BCUT2D eigenvalue weighted by Crippen LogP contribution is 2.49. The maximum atomic E-state index is 14.7. The molecule has 1 saturated heterocycles. The molecule has 0 aromatic heterocycles. The molecule has 3 aliphatic rings. The number of piperidine rings is 1. The summed E-state index contributed by atoms with van der Waals surface area (Å²) in [6.07, 6.45) is 5.72. The van der Waals surface area contributed by atoms with Crippen molar-refractivity contribution >= 4 is 0 Å². The number of hydrogen-bond acceptors (Lipinski definition) is 3. The second-order valence-corrected chi connectivity index (χ2v) is 6.88. The van der Waals surface area contributed by atoms with Gasteiger partial charge in [-0.05, 0) is 25.2 Å². The maximum absolute atomic E-state index is 14.7. The molecular weight excluding hydrogens is 245 g/mol. The number of nitrogens with one attached hydrogen (secondary N) is 1. The Morgan fingerprint density at radius 3 is 2.47 bits per heavy atom. The standard InChI is InChI=1S/C15H26FNO2/c16-11(8-10-4-2-1-3-5-10)13-14(19)12(18)9-17-15(13)6-7-15/h10-14,17-19H,1-9H2/t11?,12-,13-,14+/m1/s1. The molecule has 1 heterocycles. The largest absolute Gasteiger partial charge is 0.390 e. The van der Waals surface area contributed by atoms with Gasteiger partial charge < -0.3 is 15.5 Å². The molecular formula is C15H26FNO2. The lowest BCUT2D eigenvalue weighted by atomic mass is 9.76. The van der Waals surface area contributed by atoms with Crippen molar-refractivity contribution < 1.29 is 14.6 Å². The van der Waals surface area contributed by atoms with Gasteiger partial charge in [-0.15, -0.1) is 0 Å². The van der Waals surface area contributed by atoms with Crippen LogP contribution in [0.5, 0.6) is 0 Å². The van der Waals surface area contributed by atoms with E-state index in [2.05, 4.69) is 5.32 Å². The fourth-order valence-electron chi connectivity index (χ4n) is 4.21. The second-order valence-electron chi connectivity index (χ2n) is 6.88. The van der Waals surface area contributed by atoms with E-state index in [4.69, 9.17) is 0 Å². The van der Waals surface area contributed by atoms with Gasteiger partial charge in [0.05, 0.1) is 12.2 Å². The van der Waals surface area contributed by atoms with E-state index in [-0.39, 0.29) is 5.54 Å². The zero-order valence-electron chi connectivity index (χ0n) is 11.5. The van der Waals surface area contributed by atoms with Gasteiger partial charge in [-0.3, -0.25) is 0 Å². The Kier molecular flexibility index (Phi) is 3.84. The summed E-state index contributed by atoms with van der Waals surface area (Å²) in [4.78, 5) is 0. The summed E-state index contributed by atoms with van der Waals surface area (Å²) >= 11 is 0. The van der Waals surface area contributed by atoms with E-state index in [1.165, 1.54) is 19.3 Å². The Morgan fingerprint density at radius 2 is 1.84 bits per heavy atom. The maximum Gasteiger partial charge on any atom is 0.108 e. The van der Waals surface area contributed by atoms with Gasteiger partial charge in [0.2, 0.25) is 0 Å². The Labute approximate surface area is 114 Å². The summed E-state index contributed by atoms with van der Waals surface area (Å²) in [5, 5.41) is 23.2. The third kappa shape index (κ3) is 2.67. The number of halogens is 1. The van der Waals surface area contributed by atoms with Crippen molar-refractivity contribution in [2.45, 2.75) is 75.3 Å². The van der Waals surface area contributed by atoms with E-state index in [9.17, 15) is 14.6 Å². The molecule has 4 atom stereocenters. The van der Waals surface area contributed by atoms with E-state index in [1.807, 2.05) is 0 Å². The highest BCUT2D eigenvalue weighted by molar-refractivity contribution is 5.14. The molecule has 1 aliphatic heterocycles. The smallest absolute Gasteiger partial charge is 0.108 e. The average molecular weight is 271 g/mol. The average Bonchev–Trinajstić information content (AvgIpc) is 3.16. The van der Waals surface area contributed by atoms with Gasteiger partial charge in [-0.1, -0.05) is 32.1 Å². The molecule has 2 saturated carbocycles. The molecule has 0 aromatic carbocycles. The van der Waals surface area contributed by atoms with Crippen molar-refractivity contribution in [2.75, 3.05) is 6.54 Å². The van der Waals surface area contributed by atoms with Crippen LogP contribution in [0, 0.1) is 11.8 Å². The summed E-state index contributed by atoms with van der Waals surface area (Å²) in [6.45, 7) is 0.397. The molecule has 4 heteroatoms. The molecule has 1 unspecified atom stereocenters. The second kappa shape index (κ2) is 5.30. The summed E-state index contributed by atoms with van der Waals surface area (Å²) in [7, 11) is 0. The predicted octanol–water partition coefficient (Wildman–Crippen LogP) is 1.77. The summed E-state index contributed by atoms with van der Waals surface area (Å²) in [5.74, 6) is 0.0593. The third-order valence-electron chi connectivity index (χ3n) is 5.53. The molecule has 0 aromatic rings. The predicted molar refractivity (Wildman–Crippen MR) is 71.6 cm³/mol. The molecule has 3 nitrogen and oxygen atoms in total. The van der Waals surface area contributed by atoms with E-state index >= 15 is 0 Å². The van der Waals surface area contributed by atoms with Gasteiger partial charge in [-0.2, -0.15) is 0 Å². The van der Waals surface area contributed by atoms with Gasteiger partial charge in [0.1, 0.15) is 6.17 Å². The van der Waals surface area contributed by atoms with Crippen LogP contribution >= 0.6 is 0 Å². The molecule has 1 spiro atoms. The molecule has 2 aliphatic carbocycles. The summed E-state index contributed by atoms with van der Waals surface area (Å²) in [6, 6.07) is 0. The molecule has 0 radical (unpaired) electrons. The van der Waals surface area contributed by atoms with Crippen LogP contribution in [-0.2, 0) is 0 Å². The normalized spacial score (nSPS) is 40.3. The minimum Gasteiger partial charge on any atom is -0.390 e. The highest BCUT2D eigenvalue weighted by atomic mass is 19.1. The number of alkyl halides is 1. The first-order valence-corrected chi connectivity index (χ1v) is 7.88. The number of hydrogen-bond donors (Lipinski definition) is 3. The lowest BCUT2D eigenvalue weighted by Crippen LogP contribution is -2.61. The summed E-state index contributed by atoms with van der Waals surface area (Å²) < 4.78 is 14.7. The van der Waals surface area contributed by atoms with Crippen LogP contribution < -0.4 is 5.32 Å². The first kappa shape index (κ1) is 13.8. The Morgan fingerprint density at radius 1 is 1.16 bits per heavy atom. The van der Waals surface area contributed by atoms with Gasteiger partial charge >= 0.3 is 0 Å². The quantitative estimate of drug-likeness (QED) is 0.733. The molecule has 0 amide bonds. The molecule has 19 heavy (non-hydrogen) atoms. The van der Waals surface area contributed by atoms with Crippen molar-refractivity contribution in [2.24, 2.45) is 11.8 Å². The third-order valence-corrected chi connectivity index (χ3v) is 5.53. The summed E-state index contributed by atoms with van der Waals surface area (Å²) in [5.41, 5.74) is -0.216. The Hall–Kier alpha value is -0.190. The van der Waals surface area contributed by atoms with Crippen molar-refractivity contribution in [3.8, 4) is 0 Å². The van der Waals surface area contributed by atoms with Crippen LogP contribution in [-0.4, -0.2) is 40.7 Å². The minimum absolute atomic E-state index is 0.216. The number of rotatable bonds is 3. The van der Waals surface area contributed by atoms with Crippen molar-refractivity contribution in [3.05, 3.63) is 0 Å². The number of β-amino-alcohol motifs (C(OH)–C–C–N with tert-alkyl or cyclic N) is 1. The topological polar surface area (TPSA) is 52.5 Å². The van der Waals surface area contributed by atoms with E-state index in [1.54, 1.807) is 0 Å². The van der Waals surface area contributed by atoms with Crippen molar-refractivity contribution in [3.63, 3.8) is 0 Å². The van der Waals surface area contributed by atoms with Crippen LogP contribution in [0.4, 0.5) is 4.39 Å². The number of aliphatic hydroxyl groups is 2. The van der Waals surface area contributed by atoms with Crippen LogP contribution in [0.1, 0.15) is 51.4 Å². The van der Waals surface area contributed by atoms with Gasteiger partial charge in [0.15, 0.2) is 0 Å². The lowest BCUT2D eigenvalue weighted by Gasteiger charge is -2.42. The molecule has 3 N–H and O–H groups in total.